The van der Waals surface area contributed by atoms with Gasteiger partial charge in [-0.2, -0.15) is 0 Å². The highest BCUT2D eigenvalue weighted by molar-refractivity contribution is 5.85. The molecule has 110 valence electrons. The molecule has 20 heavy (non-hydrogen) atoms. The summed E-state index contributed by atoms with van der Waals surface area (Å²) in [7, 11) is 0. The van der Waals surface area contributed by atoms with Crippen LogP contribution >= 0.6 is 0 Å². The zero-order valence-corrected chi connectivity index (χ0v) is 12.1. The molecule has 1 amide bonds. The van der Waals surface area contributed by atoms with Crippen LogP contribution < -0.4 is 10.6 Å². The molecule has 0 radical (unpaired) electrons. The van der Waals surface area contributed by atoms with Crippen molar-refractivity contribution in [3.63, 3.8) is 0 Å². The Morgan fingerprint density at radius 3 is 2.50 bits per heavy atom. The van der Waals surface area contributed by atoms with Crippen molar-refractivity contribution in [2.45, 2.75) is 25.9 Å². The van der Waals surface area contributed by atoms with E-state index < -0.39 is 5.54 Å². The van der Waals surface area contributed by atoms with Crippen LogP contribution in [-0.4, -0.2) is 42.5 Å². The quantitative estimate of drug-likeness (QED) is 0.868. The van der Waals surface area contributed by atoms with Gasteiger partial charge in [0.15, 0.2) is 0 Å². The minimum absolute atomic E-state index is 0.00345. The summed E-state index contributed by atoms with van der Waals surface area (Å²) in [6.45, 7) is 7.88. The lowest BCUT2D eigenvalue weighted by molar-refractivity contribution is -0.132. The Morgan fingerprint density at radius 2 is 1.90 bits per heavy atom. The van der Waals surface area contributed by atoms with E-state index in [-0.39, 0.29) is 11.7 Å². The molecule has 0 saturated carbocycles. The van der Waals surface area contributed by atoms with Gasteiger partial charge in [0.25, 0.3) is 0 Å². The monoisotopic (exact) mass is 279 g/mol. The van der Waals surface area contributed by atoms with Gasteiger partial charge in [-0.05, 0) is 31.5 Å². The first-order valence-electron chi connectivity index (χ1n) is 6.98. The van der Waals surface area contributed by atoms with Gasteiger partial charge in [-0.25, -0.2) is 4.39 Å². The van der Waals surface area contributed by atoms with Crippen LogP contribution in [0.3, 0.4) is 0 Å². The minimum Gasteiger partial charge on any atom is -0.350 e. The number of hydrogen-bond donors (Lipinski definition) is 2. The van der Waals surface area contributed by atoms with Crippen molar-refractivity contribution in [2.24, 2.45) is 0 Å². The molecule has 0 bridgehead atoms. The molecule has 1 fully saturated rings. The Morgan fingerprint density at radius 1 is 1.30 bits per heavy atom. The van der Waals surface area contributed by atoms with E-state index in [4.69, 9.17) is 0 Å². The van der Waals surface area contributed by atoms with Gasteiger partial charge in [0, 0.05) is 32.7 Å². The summed E-state index contributed by atoms with van der Waals surface area (Å²) in [5.41, 5.74) is 0.373. The molecule has 5 heteroatoms. The second-order valence-corrected chi connectivity index (χ2v) is 5.61. The van der Waals surface area contributed by atoms with E-state index in [0.29, 0.717) is 6.54 Å². The van der Waals surface area contributed by atoms with E-state index >= 15 is 0 Å². The molecule has 0 spiro atoms. The molecule has 2 rings (SSSR count). The van der Waals surface area contributed by atoms with Gasteiger partial charge in [0.1, 0.15) is 5.82 Å². The predicted octanol–water partition coefficient (Wildman–Crippen LogP) is 1.13. The fourth-order valence-electron chi connectivity index (χ4n) is 2.37. The molecule has 0 aromatic heterocycles. The van der Waals surface area contributed by atoms with Crippen molar-refractivity contribution >= 4 is 5.91 Å². The summed E-state index contributed by atoms with van der Waals surface area (Å²) >= 11 is 0. The Balaban J connectivity index is 1.91. The lowest BCUT2D eigenvalue weighted by Gasteiger charge is -2.39. The molecule has 0 aliphatic carbocycles. The highest BCUT2D eigenvalue weighted by atomic mass is 19.1. The van der Waals surface area contributed by atoms with Crippen molar-refractivity contribution < 1.29 is 9.18 Å². The lowest BCUT2D eigenvalue weighted by Crippen LogP contribution is -2.59. The van der Waals surface area contributed by atoms with Crippen molar-refractivity contribution in [2.75, 3.05) is 26.2 Å². The second-order valence-electron chi connectivity index (χ2n) is 5.61. The molecule has 2 N–H and O–H groups in total. The summed E-state index contributed by atoms with van der Waals surface area (Å²) in [6, 6.07) is 6.19. The number of nitrogens with one attached hydrogen (secondary N) is 2. The highest BCUT2D eigenvalue weighted by Gasteiger charge is 2.34. The van der Waals surface area contributed by atoms with Crippen LogP contribution in [0.5, 0.6) is 0 Å². The summed E-state index contributed by atoms with van der Waals surface area (Å²) in [6.07, 6.45) is 0. The fraction of sp³-hybridized carbons (Fsp3) is 0.533. The maximum Gasteiger partial charge on any atom is 0.240 e. The number of carbonyl (C=O) groups is 1. The summed E-state index contributed by atoms with van der Waals surface area (Å²) < 4.78 is 12.8. The van der Waals surface area contributed by atoms with Gasteiger partial charge < -0.3 is 10.6 Å². The molecule has 1 aromatic rings. The van der Waals surface area contributed by atoms with Gasteiger partial charge >= 0.3 is 0 Å². The molecule has 1 saturated heterocycles. The predicted molar refractivity (Wildman–Crippen MR) is 76.8 cm³/mol. The lowest BCUT2D eigenvalue weighted by atomic mass is 10.0. The number of amides is 1. The summed E-state index contributed by atoms with van der Waals surface area (Å²) in [4.78, 5) is 14.5. The van der Waals surface area contributed by atoms with Crippen molar-refractivity contribution in [1.29, 1.82) is 0 Å². The van der Waals surface area contributed by atoms with Crippen molar-refractivity contribution in [1.82, 2.24) is 15.5 Å². The summed E-state index contributed by atoms with van der Waals surface area (Å²) in [5, 5.41) is 6.21. The first-order chi connectivity index (χ1) is 9.50. The zero-order valence-electron chi connectivity index (χ0n) is 12.1. The Labute approximate surface area is 119 Å². The smallest absolute Gasteiger partial charge is 0.240 e. The van der Waals surface area contributed by atoms with Gasteiger partial charge in [-0.3, -0.25) is 9.69 Å². The second kappa shape index (κ2) is 6.33. The third-order valence-corrected chi connectivity index (χ3v) is 3.83. The van der Waals surface area contributed by atoms with Gasteiger partial charge in [-0.15, -0.1) is 0 Å². The number of rotatable bonds is 4. The van der Waals surface area contributed by atoms with Crippen LogP contribution in [0.4, 0.5) is 4.39 Å². The molecule has 4 nitrogen and oxygen atoms in total. The molecule has 1 aliphatic rings. The number of hydrogen-bond acceptors (Lipinski definition) is 3. The number of nitrogens with zero attached hydrogens (tertiary/aromatic N) is 1. The van der Waals surface area contributed by atoms with E-state index in [0.717, 1.165) is 31.7 Å². The van der Waals surface area contributed by atoms with Crippen LogP contribution in [0.2, 0.25) is 0 Å². The van der Waals surface area contributed by atoms with Crippen LogP contribution in [0.25, 0.3) is 0 Å². The largest absolute Gasteiger partial charge is 0.350 e. The van der Waals surface area contributed by atoms with E-state index in [9.17, 15) is 9.18 Å². The maximum absolute atomic E-state index is 12.8. The molecule has 0 unspecified atom stereocenters. The third kappa shape index (κ3) is 3.55. The zero-order chi connectivity index (χ0) is 14.6. The summed E-state index contributed by atoms with van der Waals surface area (Å²) in [5.74, 6) is -0.259. The standard InChI is InChI=1S/C15H22FN3O/c1-15(2,19-9-7-17-8-10-19)14(20)18-11-12-3-5-13(16)6-4-12/h3-6,17H,7-11H2,1-2H3,(H,18,20). The Bertz CT molecular complexity index is 453. The first-order valence-corrected chi connectivity index (χ1v) is 6.98. The minimum atomic E-state index is -0.526. The number of halogens is 1. The number of carbonyl (C=O) groups excluding carboxylic acids is 1. The van der Waals surface area contributed by atoms with Crippen LogP contribution in [0.1, 0.15) is 19.4 Å². The number of piperazine rings is 1. The Hall–Kier alpha value is -1.46. The molecule has 1 heterocycles. The molecule has 1 aliphatic heterocycles. The third-order valence-electron chi connectivity index (χ3n) is 3.83. The fourth-order valence-corrected chi connectivity index (χ4v) is 2.37. The van der Waals surface area contributed by atoms with E-state index in [1.807, 2.05) is 13.8 Å². The topological polar surface area (TPSA) is 44.4 Å². The average molecular weight is 279 g/mol. The molecular formula is C15H22FN3O. The van der Waals surface area contributed by atoms with Crippen LogP contribution in [-0.2, 0) is 11.3 Å². The molecular weight excluding hydrogens is 257 g/mol. The number of benzene rings is 1. The van der Waals surface area contributed by atoms with E-state index in [1.165, 1.54) is 12.1 Å². The van der Waals surface area contributed by atoms with Gasteiger partial charge in [0.05, 0.1) is 5.54 Å². The van der Waals surface area contributed by atoms with Gasteiger partial charge in [0.2, 0.25) is 5.91 Å². The SMILES string of the molecule is CC(C)(C(=O)NCc1ccc(F)cc1)N1CCNCC1. The van der Waals surface area contributed by atoms with Gasteiger partial charge in [-0.1, -0.05) is 12.1 Å². The van der Waals surface area contributed by atoms with Crippen LogP contribution in [0.15, 0.2) is 24.3 Å². The molecule has 0 atom stereocenters. The van der Waals surface area contributed by atoms with Crippen molar-refractivity contribution in [3.05, 3.63) is 35.6 Å². The molecule has 1 aromatic carbocycles. The first kappa shape index (κ1) is 14.9. The average Bonchev–Trinajstić information content (AvgIpc) is 2.47. The normalized spacial score (nSPS) is 16.9. The maximum atomic E-state index is 12.8. The van der Waals surface area contributed by atoms with E-state index in [2.05, 4.69) is 15.5 Å². The van der Waals surface area contributed by atoms with Crippen LogP contribution in [0, 0.1) is 5.82 Å². The highest BCUT2D eigenvalue weighted by Crippen LogP contribution is 2.15. The van der Waals surface area contributed by atoms with Crippen molar-refractivity contribution in [3.8, 4) is 0 Å². The Kier molecular flexibility index (Phi) is 4.73. The van der Waals surface area contributed by atoms with E-state index in [1.54, 1.807) is 12.1 Å².